The largest absolute Gasteiger partial charge is 0.463 e. The molecular formula is C16H20N2O4. The van der Waals surface area contributed by atoms with Gasteiger partial charge in [-0.3, -0.25) is 10.1 Å². The Morgan fingerprint density at radius 2 is 2.27 bits per heavy atom. The monoisotopic (exact) mass is 304 g/mol. The van der Waals surface area contributed by atoms with E-state index >= 15 is 0 Å². The fraction of sp³-hybridized carbons (Fsp3) is 0.438. The normalized spacial score (nSPS) is 20.5. The number of esters is 1. The zero-order valence-electron chi connectivity index (χ0n) is 12.7. The molecule has 6 nitrogen and oxygen atoms in total. The van der Waals surface area contributed by atoms with Crippen LogP contribution < -0.4 is 5.32 Å². The topological polar surface area (TPSA) is 81.5 Å². The number of benzene rings is 1. The Kier molecular flexibility index (Phi) is 5.14. The second-order valence-corrected chi connectivity index (χ2v) is 5.42. The van der Waals surface area contributed by atoms with E-state index in [0.717, 1.165) is 12.1 Å². The van der Waals surface area contributed by atoms with Gasteiger partial charge in [-0.05, 0) is 37.8 Å². The number of hydrogen-bond donors (Lipinski definition) is 1. The van der Waals surface area contributed by atoms with E-state index < -0.39 is 10.9 Å². The van der Waals surface area contributed by atoms with Gasteiger partial charge in [0.2, 0.25) is 0 Å². The molecule has 0 amide bonds. The SMILES string of the molecule is CCOC(=O)/C=C/c1cc([N+](=O)[O-])ccc1NC1CCC1C. The predicted molar refractivity (Wildman–Crippen MR) is 84.6 cm³/mol. The highest BCUT2D eigenvalue weighted by molar-refractivity contribution is 5.88. The Labute approximate surface area is 129 Å². The maximum absolute atomic E-state index is 11.4. The van der Waals surface area contributed by atoms with Crippen LogP contribution in [0.5, 0.6) is 0 Å². The molecule has 1 aliphatic rings. The Balaban J connectivity index is 2.23. The van der Waals surface area contributed by atoms with Gasteiger partial charge in [0.15, 0.2) is 0 Å². The molecule has 1 saturated carbocycles. The fourth-order valence-electron chi connectivity index (χ4n) is 2.36. The maximum Gasteiger partial charge on any atom is 0.330 e. The summed E-state index contributed by atoms with van der Waals surface area (Å²) in [4.78, 5) is 21.9. The summed E-state index contributed by atoms with van der Waals surface area (Å²) in [5, 5.41) is 14.3. The number of nitro benzene ring substituents is 1. The zero-order valence-corrected chi connectivity index (χ0v) is 12.7. The average Bonchev–Trinajstić information content (AvgIpc) is 2.49. The number of non-ortho nitro benzene ring substituents is 1. The Morgan fingerprint density at radius 1 is 1.50 bits per heavy atom. The van der Waals surface area contributed by atoms with Gasteiger partial charge in [-0.1, -0.05) is 6.92 Å². The minimum Gasteiger partial charge on any atom is -0.463 e. The predicted octanol–water partition coefficient (Wildman–Crippen LogP) is 3.38. The molecule has 0 spiro atoms. The van der Waals surface area contributed by atoms with Gasteiger partial charge in [0, 0.05) is 35.5 Å². The third-order valence-corrected chi connectivity index (χ3v) is 3.89. The van der Waals surface area contributed by atoms with Crippen LogP contribution in [0.2, 0.25) is 0 Å². The number of anilines is 1. The zero-order chi connectivity index (χ0) is 16.1. The van der Waals surface area contributed by atoms with Crippen LogP contribution in [-0.4, -0.2) is 23.5 Å². The molecular weight excluding hydrogens is 284 g/mol. The van der Waals surface area contributed by atoms with Crippen molar-refractivity contribution < 1.29 is 14.5 Å². The van der Waals surface area contributed by atoms with E-state index in [1.54, 1.807) is 19.1 Å². The summed E-state index contributed by atoms with van der Waals surface area (Å²) in [5.41, 5.74) is 1.40. The summed E-state index contributed by atoms with van der Waals surface area (Å²) in [6.07, 6.45) is 5.10. The van der Waals surface area contributed by atoms with Gasteiger partial charge in [0.05, 0.1) is 11.5 Å². The van der Waals surface area contributed by atoms with Crippen molar-refractivity contribution in [2.45, 2.75) is 32.7 Å². The van der Waals surface area contributed by atoms with E-state index in [1.165, 1.54) is 24.6 Å². The molecule has 1 aliphatic carbocycles. The molecule has 0 radical (unpaired) electrons. The number of rotatable bonds is 6. The van der Waals surface area contributed by atoms with E-state index in [1.807, 2.05) is 0 Å². The summed E-state index contributed by atoms with van der Waals surface area (Å²) in [5.74, 6) is 0.119. The van der Waals surface area contributed by atoms with Crippen molar-refractivity contribution in [2.24, 2.45) is 5.92 Å². The second kappa shape index (κ2) is 7.06. The van der Waals surface area contributed by atoms with Crippen LogP contribution in [0.25, 0.3) is 6.08 Å². The molecule has 0 heterocycles. The fourth-order valence-corrected chi connectivity index (χ4v) is 2.36. The van der Waals surface area contributed by atoms with Gasteiger partial charge in [-0.25, -0.2) is 4.79 Å². The van der Waals surface area contributed by atoms with Crippen molar-refractivity contribution in [3.05, 3.63) is 40.0 Å². The van der Waals surface area contributed by atoms with Crippen molar-refractivity contribution in [2.75, 3.05) is 11.9 Å². The molecule has 1 fully saturated rings. The van der Waals surface area contributed by atoms with Gasteiger partial charge in [-0.15, -0.1) is 0 Å². The molecule has 118 valence electrons. The van der Waals surface area contributed by atoms with E-state index in [9.17, 15) is 14.9 Å². The van der Waals surface area contributed by atoms with Crippen LogP contribution >= 0.6 is 0 Å². The van der Waals surface area contributed by atoms with Crippen LogP contribution in [-0.2, 0) is 9.53 Å². The van der Waals surface area contributed by atoms with Crippen LogP contribution in [0.15, 0.2) is 24.3 Å². The van der Waals surface area contributed by atoms with Crippen molar-refractivity contribution in [1.82, 2.24) is 0 Å². The summed E-state index contributed by atoms with van der Waals surface area (Å²) in [6, 6.07) is 4.99. The molecule has 0 aliphatic heterocycles. The first-order valence-corrected chi connectivity index (χ1v) is 7.41. The van der Waals surface area contributed by atoms with Crippen LogP contribution in [0.4, 0.5) is 11.4 Å². The third-order valence-electron chi connectivity index (χ3n) is 3.89. The molecule has 1 aromatic carbocycles. The van der Waals surface area contributed by atoms with E-state index in [0.29, 0.717) is 24.1 Å². The van der Waals surface area contributed by atoms with Gasteiger partial charge in [0.1, 0.15) is 0 Å². The van der Waals surface area contributed by atoms with E-state index in [4.69, 9.17) is 4.74 Å². The molecule has 6 heteroatoms. The first-order chi connectivity index (χ1) is 10.5. The molecule has 0 bridgehead atoms. The Bertz CT molecular complexity index is 598. The van der Waals surface area contributed by atoms with E-state index in [-0.39, 0.29) is 5.69 Å². The van der Waals surface area contributed by atoms with Crippen molar-refractivity contribution >= 4 is 23.4 Å². The van der Waals surface area contributed by atoms with Crippen molar-refractivity contribution in [3.63, 3.8) is 0 Å². The summed E-state index contributed by atoms with van der Waals surface area (Å²) < 4.78 is 4.83. The van der Waals surface area contributed by atoms with E-state index in [2.05, 4.69) is 12.2 Å². The Morgan fingerprint density at radius 3 is 2.82 bits per heavy atom. The van der Waals surface area contributed by atoms with Crippen LogP contribution in [0.1, 0.15) is 32.3 Å². The first-order valence-electron chi connectivity index (χ1n) is 7.41. The minimum absolute atomic E-state index is 0.00397. The standard InChI is InChI=1S/C16H20N2O4/c1-3-22-16(19)9-5-12-10-13(18(20)21)6-8-15(12)17-14-7-4-11(14)2/h5-6,8-11,14,17H,3-4,7H2,1-2H3/b9-5+. The highest BCUT2D eigenvalue weighted by atomic mass is 16.6. The first kappa shape index (κ1) is 16.0. The molecule has 0 saturated heterocycles. The number of hydrogen-bond acceptors (Lipinski definition) is 5. The molecule has 0 aromatic heterocycles. The lowest BCUT2D eigenvalue weighted by atomic mass is 9.81. The van der Waals surface area contributed by atoms with Crippen molar-refractivity contribution in [1.29, 1.82) is 0 Å². The number of ether oxygens (including phenoxy) is 1. The lowest BCUT2D eigenvalue weighted by Gasteiger charge is -2.35. The third kappa shape index (κ3) is 3.84. The number of nitro groups is 1. The molecule has 2 unspecified atom stereocenters. The quantitative estimate of drug-likeness (QED) is 0.377. The number of carbonyl (C=O) groups excluding carboxylic acids is 1. The minimum atomic E-state index is -0.461. The highest BCUT2D eigenvalue weighted by Gasteiger charge is 2.27. The highest BCUT2D eigenvalue weighted by Crippen LogP contribution is 2.32. The second-order valence-electron chi connectivity index (χ2n) is 5.42. The van der Waals surface area contributed by atoms with Gasteiger partial charge in [0.25, 0.3) is 5.69 Å². The molecule has 22 heavy (non-hydrogen) atoms. The molecule has 1 aromatic rings. The lowest BCUT2D eigenvalue weighted by Crippen LogP contribution is -2.36. The van der Waals surface area contributed by atoms with Crippen LogP contribution in [0, 0.1) is 16.0 Å². The number of carbonyl (C=O) groups is 1. The summed E-state index contributed by atoms with van der Waals surface area (Å²) in [6.45, 7) is 4.19. The van der Waals surface area contributed by atoms with Gasteiger partial charge >= 0.3 is 5.97 Å². The smallest absolute Gasteiger partial charge is 0.330 e. The summed E-state index contributed by atoms with van der Waals surface area (Å²) in [7, 11) is 0. The summed E-state index contributed by atoms with van der Waals surface area (Å²) >= 11 is 0. The van der Waals surface area contributed by atoms with Crippen molar-refractivity contribution in [3.8, 4) is 0 Å². The lowest BCUT2D eigenvalue weighted by molar-refractivity contribution is -0.384. The molecule has 1 N–H and O–H groups in total. The average molecular weight is 304 g/mol. The van der Waals surface area contributed by atoms with Gasteiger partial charge < -0.3 is 10.1 Å². The molecule has 2 atom stereocenters. The Hall–Kier alpha value is -2.37. The van der Waals surface area contributed by atoms with Crippen LogP contribution in [0.3, 0.4) is 0 Å². The van der Waals surface area contributed by atoms with Gasteiger partial charge in [-0.2, -0.15) is 0 Å². The maximum atomic E-state index is 11.4. The number of nitrogens with one attached hydrogen (secondary N) is 1. The number of nitrogens with zero attached hydrogens (tertiary/aromatic N) is 1. The molecule has 2 rings (SSSR count).